The summed E-state index contributed by atoms with van der Waals surface area (Å²) in [5, 5.41) is 21.4. The number of anilines is 1. The summed E-state index contributed by atoms with van der Waals surface area (Å²) in [6.45, 7) is 1.76. The predicted octanol–water partition coefficient (Wildman–Crippen LogP) is 3.71. The lowest BCUT2D eigenvalue weighted by Gasteiger charge is -2.24. The average Bonchev–Trinajstić information content (AvgIpc) is 3.48. The Morgan fingerprint density at radius 1 is 1.17 bits per heavy atom. The predicted molar refractivity (Wildman–Crippen MR) is 113 cm³/mol. The zero-order valence-electron chi connectivity index (χ0n) is 16.3. The van der Waals surface area contributed by atoms with Gasteiger partial charge in [-0.15, -0.1) is 21.5 Å². The molecule has 0 saturated carbocycles. The van der Waals surface area contributed by atoms with E-state index in [-0.39, 0.29) is 10.7 Å². The van der Waals surface area contributed by atoms with Gasteiger partial charge in [-0.3, -0.25) is 14.5 Å². The molecule has 0 bridgehead atoms. The second kappa shape index (κ2) is 7.88. The molecule has 3 aromatic rings. The Labute approximate surface area is 180 Å². The third kappa shape index (κ3) is 3.23. The molecule has 0 fully saturated rings. The van der Waals surface area contributed by atoms with Crippen LogP contribution in [0.5, 0.6) is 11.5 Å². The number of methoxy groups -OCH3 is 2. The number of Topliss-reactive ketones (excluding diaryl/α,β-unsaturated/α-hetero) is 1. The summed E-state index contributed by atoms with van der Waals surface area (Å²) in [4.78, 5) is 28.0. The highest BCUT2D eigenvalue weighted by Crippen LogP contribution is 2.44. The highest BCUT2D eigenvalue weighted by atomic mass is 32.1. The summed E-state index contributed by atoms with van der Waals surface area (Å²) < 4.78 is 10.7. The van der Waals surface area contributed by atoms with E-state index in [0.29, 0.717) is 26.9 Å². The van der Waals surface area contributed by atoms with Crippen molar-refractivity contribution < 1.29 is 24.2 Å². The number of hydrogen-bond acceptors (Lipinski definition) is 9. The number of rotatable bonds is 6. The van der Waals surface area contributed by atoms with E-state index in [4.69, 9.17) is 9.47 Å². The van der Waals surface area contributed by atoms with Gasteiger partial charge in [-0.1, -0.05) is 23.5 Å². The minimum atomic E-state index is -0.890. The molecular weight excluding hydrogens is 426 g/mol. The Morgan fingerprint density at radius 2 is 1.93 bits per heavy atom. The van der Waals surface area contributed by atoms with Crippen LogP contribution in [0.4, 0.5) is 5.13 Å². The smallest absolute Gasteiger partial charge is 0.296 e. The zero-order chi connectivity index (χ0) is 21.4. The SMILES string of the molecule is COc1ccc([C@H]2C(C(=O)c3cccs3)=C(O)C(=O)N2c2nnc(C)s2)cc1OC. The molecule has 0 radical (unpaired) electrons. The van der Waals surface area contributed by atoms with Crippen LogP contribution >= 0.6 is 22.7 Å². The van der Waals surface area contributed by atoms with Gasteiger partial charge in [0.05, 0.1) is 30.7 Å². The fourth-order valence-electron chi connectivity index (χ4n) is 3.30. The number of hydrogen-bond donors (Lipinski definition) is 1. The van der Waals surface area contributed by atoms with E-state index < -0.39 is 23.5 Å². The zero-order valence-corrected chi connectivity index (χ0v) is 17.9. The van der Waals surface area contributed by atoms with Gasteiger partial charge in [-0.2, -0.15) is 0 Å². The minimum absolute atomic E-state index is 0.0116. The monoisotopic (exact) mass is 443 g/mol. The maximum absolute atomic E-state index is 13.2. The molecule has 1 atom stereocenters. The van der Waals surface area contributed by atoms with Gasteiger partial charge in [-0.05, 0) is 36.1 Å². The van der Waals surface area contributed by atoms with Gasteiger partial charge in [0, 0.05) is 0 Å². The molecule has 154 valence electrons. The number of ether oxygens (including phenoxy) is 2. The van der Waals surface area contributed by atoms with Crippen molar-refractivity contribution in [3.05, 3.63) is 62.5 Å². The molecule has 1 N–H and O–H groups in total. The van der Waals surface area contributed by atoms with E-state index in [1.165, 1.54) is 41.8 Å². The number of aliphatic hydroxyl groups excluding tert-OH is 1. The first kappa shape index (κ1) is 20.0. The van der Waals surface area contributed by atoms with E-state index in [0.717, 1.165) is 0 Å². The molecule has 0 unspecified atom stereocenters. The number of thiophene rings is 1. The molecule has 3 heterocycles. The molecule has 0 saturated heterocycles. The second-order valence-electron chi connectivity index (χ2n) is 6.36. The maximum atomic E-state index is 13.2. The number of aryl methyl sites for hydroxylation is 1. The normalized spacial score (nSPS) is 16.3. The quantitative estimate of drug-likeness (QED) is 0.580. The van der Waals surface area contributed by atoms with Crippen LogP contribution in [0.1, 0.15) is 26.3 Å². The number of aliphatic hydroxyl groups is 1. The molecule has 0 aliphatic carbocycles. The minimum Gasteiger partial charge on any atom is -0.503 e. The third-order valence-electron chi connectivity index (χ3n) is 4.64. The summed E-state index contributed by atoms with van der Waals surface area (Å²) in [5.74, 6) is -0.778. The maximum Gasteiger partial charge on any atom is 0.296 e. The lowest BCUT2D eigenvalue weighted by atomic mass is 9.95. The molecule has 4 rings (SSSR count). The van der Waals surface area contributed by atoms with E-state index in [1.54, 1.807) is 42.6 Å². The first-order chi connectivity index (χ1) is 14.5. The second-order valence-corrected chi connectivity index (χ2v) is 8.47. The lowest BCUT2D eigenvalue weighted by molar-refractivity contribution is -0.117. The molecule has 1 aliphatic rings. The standard InChI is InChI=1S/C20H17N3O5S2/c1-10-21-22-20(30-10)23-16(11-6-7-12(27-2)13(9-11)28-3)15(18(25)19(23)26)17(24)14-5-4-8-29-14/h4-9,16,25H,1-3H3/t16-/m0/s1. The Kier molecular flexibility index (Phi) is 5.27. The molecular formula is C20H17N3O5S2. The highest BCUT2D eigenvalue weighted by molar-refractivity contribution is 7.15. The number of nitrogens with zero attached hydrogens (tertiary/aromatic N) is 3. The van der Waals surface area contributed by atoms with E-state index >= 15 is 0 Å². The number of ketones is 1. The van der Waals surface area contributed by atoms with Crippen LogP contribution in [0.2, 0.25) is 0 Å². The number of amides is 1. The molecule has 10 heteroatoms. The number of benzene rings is 1. The average molecular weight is 444 g/mol. The number of carbonyl (C=O) groups is 2. The largest absolute Gasteiger partial charge is 0.503 e. The van der Waals surface area contributed by atoms with Gasteiger partial charge in [0.1, 0.15) is 5.01 Å². The fraction of sp³-hybridized carbons (Fsp3) is 0.200. The van der Waals surface area contributed by atoms with Crippen molar-refractivity contribution in [2.75, 3.05) is 19.1 Å². The fourth-order valence-corrected chi connectivity index (χ4v) is 4.69. The van der Waals surface area contributed by atoms with E-state index in [1.807, 2.05) is 0 Å². The van der Waals surface area contributed by atoms with Gasteiger partial charge in [0.25, 0.3) is 5.91 Å². The van der Waals surface area contributed by atoms with E-state index in [2.05, 4.69) is 10.2 Å². The Morgan fingerprint density at radius 3 is 2.53 bits per heavy atom. The Bertz CT molecular complexity index is 1150. The van der Waals surface area contributed by atoms with Crippen LogP contribution in [0, 0.1) is 6.92 Å². The first-order valence-electron chi connectivity index (χ1n) is 8.83. The van der Waals surface area contributed by atoms with Gasteiger partial charge in [0.2, 0.25) is 10.9 Å². The first-order valence-corrected chi connectivity index (χ1v) is 10.5. The summed E-state index contributed by atoms with van der Waals surface area (Å²) in [7, 11) is 3.02. The summed E-state index contributed by atoms with van der Waals surface area (Å²) in [5.41, 5.74) is 0.556. The lowest BCUT2D eigenvalue weighted by Crippen LogP contribution is -2.31. The van der Waals surface area contributed by atoms with Crippen molar-refractivity contribution in [1.82, 2.24) is 10.2 Å². The molecule has 1 aromatic carbocycles. The highest BCUT2D eigenvalue weighted by Gasteiger charge is 2.46. The molecule has 0 spiro atoms. The summed E-state index contributed by atoms with van der Waals surface area (Å²) in [6, 6.07) is 7.59. The summed E-state index contributed by atoms with van der Waals surface area (Å²) >= 11 is 2.44. The van der Waals surface area contributed by atoms with Crippen LogP contribution < -0.4 is 14.4 Å². The number of aromatic nitrogens is 2. The van der Waals surface area contributed by atoms with Crippen molar-refractivity contribution in [3.8, 4) is 11.5 Å². The third-order valence-corrected chi connectivity index (χ3v) is 6.35. The van der Waals surface area contributed by atoms with Crippen molar-refractivity contribution in [2.45, 2.75) is 13.0 Å². The van der Waals surface area contributed by atoms with Crippen molar-refractivity contribution in [3.63, 3.8) is 0 Å². The number of carbonyl (C=O) groups excluding carboxylic acids is 2. The van der Waals surface area contributed by atoms with Crippen LogP contribution in [0.3, 0.4) is 0 Å². The van der Waals surface area contributed by atoms with Gasteiger partial charge in [-0.25, -0.2) is 0 Å². The molecule has 1 amide bonds. The Hall–Kier alpha value is -3.24. The molecule has 8 nitrogen and oxygen atoms in total. The van der Waals surface area contributed by atoms with Gasteiger partial charge in [0.15, 0.2) is 17.3 Å². The van der Waals surface area contributed by atoms with Crippen LogP contribution in [0.15, 0.2) is 47.0 Å². The van der Waals surface area contributed by atoms with Gasteiger partial charge >= 0.3 is 0 Å². The molecule has 30 heavy (non-hydrogen) atoms. The summed E-state index contributed by atoms with van der Waals surface area (Å²) in [6.07, 6.45) is 0. The van der Waals surface area contributed by atoms with Crippen LogP contribution in [0.25, 0.3) is 0 Å². The van der Waals surface area contributed by atoms with Crippen molar-refractivity contribution in [2.24, 2.45) is 0 Å². The van der Waals surface area contributed by atoms with Crippen molar-refractivity contribution >= 4 is 39.5 Å². The molecule has 1 aliphatic heterocycles. The molecule has 2 aromatic heterocycles. The van der Waals surface area contributed by atoms with Crippen molar-refractivity contribution in [1.29, 1.82) is 0 Å². The van der Waals surface area contributed by atoms with Crippen LogP contribution in [-0.4, -0.2) is 41.2 Å². The topological polar surface area (TPSA) is 102 Å². The Balaban J connectivity index is 1.90. The van der Waals surface area contributed by atoms with Crippen LogP contribution in [-0.2, 0) is 4.79 Å². The van der Waals surface area contributed by atoms with Gasteiger partial charge < -0.3 is 14.6 Å². The van der Waals surface area contributed by atoms with E-state index in [9.17, 15) is 14.7 Å².